The smallest absolute Gasteiger partial charge is 0.256 e. The van der Waals surface area contributed by atoms with Crippen molar-refractivity contribution in [1.82, 2.24) is 4.90 Å². The van der Waals surface area contributed by atoms with Gasteiger partial charge in [0.1, 0.15) is 0 Å². The van der Waals surface area contributed by atoms with Crippen LogP contribution in [0.1, 0.15) is 20.7 Å². The summed E-state index contributed by atoms with van der Waals surface area (Å²) in [5.74, 6) is -0.486. The van der Waals surface area contributed by atoms with Gasteiger partial charge in [-0.25, -0.2) is 0 Å². The summed E-state index contributed by atoms with van der Waals surface area (Å²) >= 11 is 9.38. The van der Waals surface area contributed by atoms with Crippen LogP contribution in [0.4, 0.5) is 5.69 Å². The summed E-state index contributed by atoms with van der Waals surface area (Å²) in [7, 11) is 3.29. The van der Waals surface area contributed by atoms with Gasteiger partial charge < -0.3 is 10.2 Å². The first kappa shape index (κ1) is 16.5. The number of hydrogen-bond donors (Lipinski definition) is 1. The molecule has 0 saturated heterocycles. The van der Waals surface area contributed by atoms with Crippen molar-refractivity contribution in [2.45, 2.75) is 0 Å². The molecule has 1 N–H and O–H groups in total. The number of anilines is 1. The van der Waals surface area contributed by atoms with Crippen LogP contribution in [-0.2, 0) is 0 Å². The van der Waals surface area contributed by atoms with Gasteiger partial charge in [-0.15, -0.1) is 0 Å². The third-order valence-electron chi connectivity index (χ3n) is 2.98. The molecule has 4 nitrogen and oxygen atoms in total. The second-order valence-corrected chi connectivity index (χ2v) is 6.09. The van der Waals surface area contributed by atoms with Gasteiger partial charge in [-0.1, -0.05) is 23.7 Å². The molecule has 22 heavy (non-hydrogen) atoms. The van der Waals surface area contributed by atoms with E-state index in [-0.39, 0.29) is 11.8 Å². The number of carbonyl (C=O) groups is 2. The highest BCUT2D eigenvalue weighted by atomic mass is 79.9. The highest BCUT2D eigenvalue weighted by Gasteiger charge is 2.15. The van der Waals surface area contributed by atoms with E-state index in [1.165, 1.54) is 4.90 Å². The molecule has 6 heteroatoms. The lowest BCUT2D eigenvalue weighted by Gasteiger charge is -2.13. The molecule has 0 aliphatic carbocycles. The van der Waals surface area contributed by atoms with E-state index in [1.54, 1.807) is 50.5 Å². The van der Waals surface area contributed by atoms with Gasteiger partial charge in [0, 0.05) is 24.3 Å². The third-order valence-corrected chi connectivity index (χ3v) is 4.00. The molecule has 0 bridgehead atoms. The Hall–Kier alpha value is -1.85. The van der Waals surface area contributed by atoms with Crippen molar-refractivity contribution in [1.29, 1.82) is 0 Å². The second kappa shape index (κ2) is 6.94. The summed E-state index contributed by atoms with van der Waals surface area (Å²) in [5, 5.41) is 3.11. The normalized spacial score (nSPS) is 10.2. The molecule has 0 saturated carbocycles. The van der Waals surface area contributed by atoms with Crippen LogP contribution in [0, 0.1) is 0 Å². The Morgan fingerprint density at radius 3 is 2.41 bits per heavy atom. The van der Waals surface area contributed by atoms with E-state index in [1.807, 2.05) is 6.07 Å². The number of benzene rings is 2. The molecule has 0 aliphatic rings. The molecule has 0 radical (unpaired) electrons. The summed E-state index contributed by atoms with van der Waals surface area (Å²) in [4.78, 5) is 25.7. The van der Waals surface area contributed by atoms with E-state index in [0.29, 0.717) is 26.3 Å². The molecule has 0 aliphatic heterocycles. The van der Waals surface area contributed by atoms with Crippen molar-refractivity contribution >= 4 is 45.0 Å². The van der Waals surface area contributed by atoms with Crippen LogP contribution in [0.3, 0.4) is 0 Å². The second-order valence-electron chi connectivity index (χ2n) is 4.83. The number of halogens is 2. The maximum Gasteiger partial charge on any atom is 0.256 e. The monoisotopic (exact) mass is 380 g/mol. The molecule has 0 unspecified atom stereocenters. The predicted octanol–water partition coefficient (Wildman–Crippen LogP) is 4.06. The molecule has 0 fully saturated rings. The molecule has 2 aromatic carbocycles. The number of nitrogens with one attached hydrogen (secondary N) is 1. The fraction of sp³-hybridized carbons (Fsp3) is 0.125. The van der Waals surface area contributed by atoms with Gasteiger partial charge in [0.2, 0.25) is 0 Å². The van der Waals surface area contributed by atoms with Gasteiger partial charge >= 0.3 is 0 Å². The number of amides is 2. The highest BCUT2D eigenvalue weighted by Crippen LogP contribution is 2.23. The zero-order valence-electron chi connectivity index (χ0n) is 12.1. The zero-order chi connectivity index (χ0) is 16.3. The SMILES string of the molecule is CN(C)C(=O)c1cc(NC(=O)c2ccccc2Br)ccc1Cl. The summed E-state index contributed by atoms with van der Waals surface area (Å²) in [6.07, 6.45) is 0. The van der Waals surface area contributed by atoms with E-state index in [2.05, 4.69) is 21.2 Å². The van der Waals surface area contributed by atoms with E-state index in [0.717, 1.165) is 0 Å². The van der Waals surface area contributed by atoms with Crippen molar-refractivity contribution < 1.29 is 9.59 Å². The van der Waals surface area contributed by atoms with Gasteiger partial charge in [-0.05, 0) is 46.3 Å². The van der Waals surface area contributed by atoms with Crippen molar-refractivity contribution in [3.8, 4) is 0 Å². The maximum atomic E-state index is 12.3. The topological polar surface area (TPSA) is 49.4 Å². The fourth-order valence-corrected chi connectivity index (χ4v) is 2.51. The lowest BCUT2D eigenvalue weighted by atomic mass is 10.1. The summed E-state index contributed by atoms with van der Waals surface area (Å²) in [6.45, 7) is 0. The first-order chi connectivity index (χ1) is 10.4. The average molecular weight is 382 g/mol. The first-order valence-electron chi connectivity index (χ1n) is 6.47. The van der Waals surface area contributed by atoms with Crippen LogP contribution in [0.5, 0.6) is 0 Å². The number of rotatable bonds is 3. The lowest BCUT2D eigenvalue weighted by Crippen LogP contribution is -2.22. The van der Waals surface area contributed by atoms with Crippen LogP contribution >= 0.6 is 27.5 Å². The standard InChI is InChI=1S/C16H14BrClN2O2/c1-20(2)16(22)12-9-10(7-8-14(12)18)19-15(21)11-5-3-4-6-13(11)17/h3-9H,1-2H3,(H,19,21). The predicted molar refractivity (Wildman–Crippen MR) is 91.6 cm³/mol. The van der Waals surface area contributed by atoms with E-state index in [4.69, 9.17) is 11.6 Å². The van der Waals surface area contributed by atoms with Crippen LogP contribution in [-0.4, -0.2) is 30.8 Å². The largest absolute Gasteiger partial charge is 0.345 e. The molecule has 2 aromatic rings. The molecule has 0 spiro atoms. The van der Waals surface area contributed by atoms with E-state index >= 15 is 0 Å². The van der Waals surface area contributed by atoms with Crippen LogP contribution < -0.4 is 5.32 Å². The fourth-order valence-electron chi connectivity index (χ4n) is 1.85. The van der Waals surface area contributed by atoms with Gasteiger partial charge in [0.25, 0.3) is 11.8 Å². The molecule has 0 aromatic heterocycles. The minimum atomic E-state index is -0.266. The Morgan fingerprint density at radius 2 is 1.77 bits per heavy atom. The molecule has 114 valence electrons. The van der Waals surface area contributed by atoms with Crippen LogP contribution in [0.2, 0.25) is 5.02 Å². The minimum absolute atomic E-state index is 0.220. The van der Waals surface area contributed by atoms with E-state index in [9.17, 15) is 9.59 Å². The Bertz CT molecular complexity index is 732. The minimum Gasteiger partial charge on any atom is -0.345 e. The summed E-state index contributed by atoms with van der Waals surface area (Å²) in [6, 6.07) is 11.9. The number of nitrogens with zero attached hydrogens (tertiary/aromatic N) is 1. The molecule has 0 heterocycles. The molecule has 0 atom stereocenters. The molecule has 2 amide bonds. The number of carbonyl (C=O) groups excluding carboxylic acids is 2. The molecular formula is C16H14BrClN2O2. The van der Waals surface area contributed by atoms with Gasteiger partial charge in [0.05, 0.1) is 16.1 Å². The molecule has 2 rings (SSSR count). The van der Waals surface area contributed by atoms with Crippen molar-refractivity contribution in [2.24, 2.45) is 0 Å². The van der Waals surface area contributed by atoms with E-state index < -0.39 is 0 Å². The Balaban J connectivity index is 2.27. The van der Waals surface area contributed by atoms with Crippen molar-refractivity contribution in [3.05, 3.63) is 63.1 Å². The van der Waals surface area contributed by atoms with Crippen LogP contribution in [0.15, 0.2) is 46.9 Å². The van der Waals surface area contributed by atoms with Gasteiger partial charge in [0.15, 0.2) is 0 Å². The van der Waals surface area contributed by atoms with Crippen molar-refractivity contribution in [3.63, 3.8) is 0 Å². The first-order valence-corrected chi connectivity index (χ1v) is 7.64. The highest BCUT2D eigenvalue weighted by molar-refractivity contribution is 9.10. The Morgan fingerprint density at radius 1 is 1.09 bits per heavy atom. The maximum absolute atomic E-state index is 12.3. The summed E-state index contributed by atoms with van der Waals surface area (Å²) in [5.41, 5.74) is 1.37. The lowest BCUT2D eigenvalue weighted by molar-refractivity contribution is 0.0827. The van der Waals surface area contributed by atoms with Gasteiger partial charge in [-0.2, -0.15) is 0 Å². The summed E-state index contributed by atoms with van der Waals surface area (Å²) < 4.78 is 0.700. The quantitative estimate of drug-likeness (QED) is 0.872. The van der Waals surface area contributed by atoms with Crippen LogP contribution in [0.25, 0.3) is 0 Å². The molecular weight excluding hydrogens is 368 g/mol. The van der Waals surface area contributed by atoms with Gasteiger partial charge in [-0.3, -0.25) is 9.59 Å². The number of hydrogen-bond acceptors (Lipinski definition) is 2. The Labute approximate surface area is 142 Å². The third kappa shape index (κ3) is 3.67. The average Bonchev–Trinajstić information content (AvgIpc) is 2.48. The van der Waals surface area contributed by atoms with Crippen molar-refractivity contribution in [2.75, 3.05) is 19.4 Å². The Kier molecular flexibility index (Phi) is 5.21. The zero-order valence-corrected chi connectivity index (χ0v) is 14.4.